The van der Waals surface area contributed by atoms with Gasteiger partial charge in [0.1, 0.15) is 5.76 Å². The molecule has 1 aromatic carbocycles. The fourth-order valence-corrected chi connectivity index (χ4v) is 2.10. The van der Waals surface area contributed by atoms with Crippen LogP contribution in [-0.4, -0.2) is 11.5 Å². The van der Waals surface area contributed by atoms with Gasteiger partial charge in [0.2, 0.25) is 5.89 Å². The lowest BCUT2D eigenvalue weighted by Crippen LogP contribution is -2.10. The van der Waals surface area contributed by atoms with Crippen LogP contribution in [0.15, 0.2) is 33.8 Å². The third-order valence-corrected chi connectivity index (χ3v) is 3.40. The van der Waals surface area contributed by atoms with E-state index in [0.29, 0.717) is 18.9 Å². The van der Waals surface area contributed by atoms with Crippen molar-refractivity contribution in [2.24, 2.45) is 5.11 Å². The highest BCUT2D eigenvalue weighted by molar-refractivity contribution is 5.54. The average molecular weight is 284 g/mol. The van der Waals surface area contributed by atoms with Crippen LogP contribution in [0, 0.1) is 6.92 Å². The summed E-state index contributed by atoms with van der Waals surface area (Å²) in [6.45, 7) is 8.83. The van der Waals surface area contributed by atoms with Gasteiger partial charge in [-0.25, -0.2) is 4.98 Å². The zero-order valence-corrected chi connectivity index (χ0v) is 12.9. The van der Waals surface area contributed by atoms with E-state index in [0.717, 1.165) is 17.0 Å². The van der Waals surface area contributed by atoms with Crippen molar-refractivity contribution in [3.8, 4) is 11.5 Å². The summed E-state index contributed by atoms with van der Waals surface area (Å²) in [6, 6.07) is 8.27. The number of rotatable bonds is 4. The molecule has 0 aliphatic heterocycles. The van der Waals surface area contributed by atoms with Crippen LogP contribution in [0.4, 0.5) is 0 Å². The molecular weight excluding hydrogens is 264 g/mol. The second-order valence-electron chi connectivity index (χ2n) is 6.05. The second-order valence-corrected chi connectivity index (χ2v) is 6.05. The Morgan fingerprint density at radius 2 is 1.90 bits per heavy atom. The summed E-state index contributed by atoms with van der Waals surface area (Å²) in [5.41, 5.74) is 11.5. The molecule has 0 spiro atoms. The Morgan fingerprint density at radius 1 is 1.24 bits per heavy atom. The fourth-order valence-electron chi connectivity index (χ4n) is 2.10. The van der Waals surface area contributed by atoms with Gasteiger partial charge in [0, 0.05) is 17.0 Å². The van der Waals surface area contributed by atoms with Crippen LogP contribution < -0.4 is 0 Å². The van der Waals surface area contributed by atoms with Gasteiger partial charge in [-0.3, -0.25) is 0 Å². The number of hydrogen-bond donors (Lipinski definition) is 0. The first-order valence-corrected chi connectivity index (χ1v) is 7.00. The molecule has 0 bridgehead atoms. The maximum Gasteiger partial charge on any atom is 0.226 e. The minimum absolute atomic E-state index is 0.130. The van der Waals surface area contributed by atoms with E-state index in [9.17, 15) is 0 Å². The summed E-state index contributed by atoms with van der Waals surface area (Å²) in [6.07, 6.45) is 0.597. The predicted molar refractivity (Wildman–Crippen MR) is 83.1 cm³/mol. The molecule has 21 heavy (non-hydrogen) atoms. The van der Waals surface area contributed by atoms with Gasteiger partial charge in [-0.1, -0.05) is 38.0 Å². The Balaban J connectivity index is 2.22. The Bertz CT molecular complexity index is 659. The van der Waals surface area contributed by atoms with Crippen molar-refractivity contribution < 1.29 is 4.42 Å². The molecule has 0 radical (unpaired) electrons. The van der Waals surface area contributed by atoms with E-state index in [1.807, 2.05) is 19.1 Å². The average Bonchev–Trinajstić information content (AvgIpc) is 2.80. The van der Waals surface area contributed by atoms with E-state index in [4.69, 9.17) is 9.95 Å². The zero-order chi connectivity index (χ0) is 15.5. The highest BCUT2D eigenvalue weighted by Gasteiger charge is 2.15. The Hall–Kier alpha value is -2.26. The highest BCUT2D eigenvalue weighted by atomic mass is 16.4. The van der Waals surface area contributed by atoms with E-state index in [1.165, 1.54) is 5.56 Å². The summed E-state index contributed by atoms with van der Waals surface area (Å²) >= 11 is 0. The SMILES string of the molecule is Cc1oc(-c2ccc(C(C)(C)C)cc2)nc1CCN=[N+]=[N-]. The number of azide groups is 1. The molecule has 5 nitrogen and oxygen atoms in total. The molecule has 1 heterocycles. The maximum absolute atomic E-state index is 8.30. The van der Waals surface area contributed by atoms with Gasteiger partial charge >= 0.3 is 0 Å². The first-order valence-electron chi connectivity index (χ1n) is 7.00. The second kappa shape index (κ2) is 6.02. The van der Waals surface area contributed by atoms with Crippen LogP contribution in [-0.2, 0) is 11.8 Å². The molecule has 0 amide bonds. The molecule has 0 saturated carbocycles. The molecule has 110 valence electrons. The molecule has 0 fully saturated rings. The number of aryl methyl sites for hydroxylation is 1. The van der Waals surface area contributed by atoms with E-state index in [1.54, 1.807) is 0 Å². The van der Waals surface area contributed by atoms with Crippen molar-refractivity contribution in [2.75, 3.05) is 6.54 Å². The molecule has 2 rings (SSSR count). The van der Waals surface area contributed by atoms with Gasteiger partial charge in [0.15, 0.2) is 0 Å². The van der Waals surface area contributed by atoms with Crippen LogP contribution in [0.2, 0.25) is 0 Å². The van der Waals surface area contributed by atoms with Crippen molar-refractivity contribution in [3.63, 3.8) is 0 Å². The fraction of sp³-hybridized carbons (Fsp3) is 0.438. The van der Waals surface area contributed by atoms with Gasteiger partial charge < -0.3 is 4.42 Å². The molecule has 0 atom stereocenters. The van der Waals surface area contributed by atoms with Crippen molar-refractivity contribution in [1.29, 1.82) is 0 Å². The Morgan fingerprint density at radius 3 is 2.48 bits per heavy atom. The summed E-state index contributed by atoms with van der Waals surface area (Å²) < 4.78 is 5.71. The van der Waals surface area contributed by atoms with Crippen LogP contribution in [0.5, 0.6) is 0 Å². The van der Waals surface area contributed by atoms with E-state index in [2.05, 4.69) is 47.9 Å². The highest BCUT2D eigenvalue weighted by Crippen LogP contribution is 2.27. The van der Waals surface area contributed by atoms with E-state index in [-0.39, 0.29) is 5.41 Å². The number of hydrogen-bond acceptors (Lipinski definition) is 3. The molecule has 2 aromatic rings. The predicted octanol–water partition coefficient (Wildman–Crippen LogP) is 4.80. The largest absolute Gasteiger partial charge is 0.441 e. The molecule has 0 aliphatic rings. The molecular formula is C16H20N4O. The monoisotopic (exact) mass is 284 g/mol. The lowest BCUT2D eigenvalue weighted by atomic mass is 9.87. The third kappa shape index (κ3) is 3.64. The van der Waals surface area contributed by atoms with E-state index < -0.39 is 0 Å². The number of oxazole rings is 1. The normalized spacial score (nSPS) is 11.2. The van der Waals surface area contributed by atoms with E-state index >= 15 is 0 Å². The standard InChI is InChI=1S/C16H20N4O/c1-11-14(9-10-18-20-17)19-15(21-11)12-5-7-13(8-6-12)16(2,3)4/h5-8H,9-10H2,1-4H3. The molecule has 0 saturated heterocycles. The molecule has 0 unspecified atom stereocenters. The molecule has 1 aromatic heterocycles. The van der Waals surface area contributed by atoms with Crippen molar-refractivity contribution >= 4 is 0 Å². The van der Waals surface area contributed by atoms with Crippen LogP contribution in [0.25, 0.3) is 21.9 Å². The number of aromatic nitrogens is 1. The quantitative estimate of drug-likeness (QED) is 0.459. The van der Waals surface area contributed by atoms with Crippen LogP contribution >= 0.6 is 0 Å². The van der Waals surface area contributed by atoms with Gasteiger partial charge in [0.25, 0.3) is 0 Å². The van der Waals surface area contributed by atoms with Crippen molar-refractivity contribution in [3.05, 3.63) is 51.7 Å². The lowest BCUT2D eigenvalue weighted by Gasteiger charge is -2.18. The summed E-state index contributed by atoms with van der Waals surface area (Å²) in [5, 5.41) is 3.53. The third-order valence-electron chi connectivity index (χ3n) is 3.40. The van der Waals surface area contributed by atoms with Gasteiger partial charge in [0.05, 0.1) is 5.69 Å². The minimum Gasteiger partial charge on any atom is -0.441 e. The minimum atomic E-state index is 0.130. The molecule has 0 aliphatic carbocycles. The van der Waals surface area contributed by atoms with Crippen molar-refractivity contribution in [2.45, 2.75) is 39.5 Å². The smallest absolute Gasteiger partial charge is 0.226 e. The summed E-state index contributed by atoms with van der Waals surface area (Å²) in [5.74, 6) is 1.39. The molecule has 0 N–H and O–H groups in total. The number of benzene rings is 1. The zero-order valence-electron chi connectivity index (χ0n) is 12.9. The number of nitrogens with zero attached hydrogens (tertiary/aromatic N) is 4. The van der Waals surface area contributed by atoms with Gasteiger partial charge in [-0.05, 0) is 42.0 Å². The topological polar surface area (TPSA) is 74.8 Å². The lowest BCUT2D eigenvalue weighted by molar-refractivity contribution is 0.539. The Kier molecular flexibility index (Phi) is 4.34. The van der Waals surface area contributed by atoms with Gasteiger partial charge in [-0.15, -0.1) is 0 Å². The Labute approximate surface area is 124 Å². The van der Waals surface area contributed by atoms with Crippen LogP contribution in [0.3, 0.4) is 0 Å². The first-order chi connectivity index (χ1) is 9.91. The van der Waals surface area contributed by atoms with Crippen LogP contribution in [0.1, 0.15) is 37.8 Å². The maximum atomic E-state index is 8.30. The summed E-state index contributed by atoms with van der Waals surface area (Å²) in [4.78, 5) is 7.24. The van der Waals surface area contributed by atoms with Crippen molar-refractivity contribution in [1.82, 2.24) is 4.98 Å². The molecule has 5 heteroatoms. The van der Waals surface area contributed by atoms with Gasteiger partial charge in [-0.2, -0.15) is 0 Å². The first kappa shape index (κ1) is 15.1. The summed E-state index contributed by atoms with van der Waals surface area (Å²) in [7, 11) is 0.